The van der Waals surface area contributed by atoms with Crippen LogP contribution in [0.2, 0.25) is 0 Å². The molecule has 0 bridgehead atoms. The quantitative estimate of drug-likeness (QED) is 0.126. The minimum Gasteiger partial charge on any atom is -0.508 e. The second-order valence-corrected chi connectivity index (χ2v) is 14.3. The molecule has 3 aliphatic carbocycles. The summed E-state index contributed by atoms with van der Waals surface area (Å²) in [6.07, 6.45) is 6.21. The Bertz CT molecular complexity index is 1090. The lowest BCUT2D eigenvalue weighted by molar-refractivity contribution is -0.284. The molecule has 0 heterocycles. The van der Waals surface area contributed by atoms with Crippen LogP contribution >= 0.6 is 0 Å². The average molecular weight is 631 g/mol. The number of phenols is 1. The highest BCUT2D eigenvalue weighted by atomic mass is 19.4. The third kappa shape index (κ3) is 8.08. The van der Waals surface area contributed by atoms with Crippen LogP contribution in [-0.2, 0) is 11.2 Å². The summed E-state index contributed by atoms with van der Waals surface area (Å²) >= 11 is 0. The van der Waals surface area contributed by atoms with Crippen LogP contribution in [0.25, 0.3) is 0 Å². The number of carboxylic acid groups (broad SMARTS) is 1. The zero-order valence-corrected chi connectivity index (χ0v) is 26.1. The van der Waals surface area contributed by atoms with E-state index in [0.717, 1.165) is 77.0 Å². The minimum atomic E-state index is -5.54. The summed E-state index contributed by atoms with van der Waals surface area (Å²) in [7, 11) is 0. The van der Waals surface area contributed by atoms with Crippen molar-refractivity contribution in [2.45, 2.75) is 147 Å². The molecule has 0 aliphatic heterocycles. The van der Waals surface area contributed by atoms with Crippen molar-refractivity contribution >= 4 is 5.97 Å². The number of carboxylic acids is 1. The van der Waals surface area contributed by atoms with Crippen molar-refractivity contribution in [2.75, 3.05) is 0 Å². The van der Waals surface area contributed by atoms with Crippen molar-refractivity contribution in [1.82, 2.24) is 0 Å². The van der Waals surface area contributed by atoms with Gasteiger partial charge in [0.25, 0.3) is 0 Å². The first kappa shape index (κ1) is 35.0. The number of aliphatic hydroxyl groups is 1. The molecule has 0 radical (unpaired) electrons. The van der Waals surface area contributed by atoms with Crippen LogP contribution in [0, 0.1) is 29.1 Å². The van der Waals surface area contributed by atoms with Crippen LogP contribution in [0.4, 0.5) is 22.0 Å². The van der Waals surface area contributed by atoms with Gasteiger partial charge in [-0.25, -0.2) is 0 Å². The van der Waals surface area contributed by atoms with Crippen molar-refractivity contribution in [3.8, 4) is 5.75 Å². The van der Waals surface area contributed by atoms with Gasteiger partial charge in [0.1, 0.15) is 5.75 Å². The average Bonchev–Trinajstić information content (AvgIpc) is 3.25. The third-order valence-corrected chi connectivity index (χ3v) is 11.5. The number of hydrogen-bond donors (Lipinski definition) is 3. The molecule has 4 nitrogen and oxygen atoms in total. The Morgan fingerprint density at radius 3 is 2.23 bits per heavy atom. The second kappa shape index (κ2) is 14.7. The van der Waals surface area contributed by atoms with Gasteiger partial charge < -0.3 is 15.3 Å². The van der Waals surface area contributed by atoms with Gasteiger partial charge in [-0.2, -0.15) is 22.0 Å². The predicted octanol–water partition coefficient (Wildman–Crippen LogP) is 9.80. The Balaban J connectivity index is 1.17. The third-order valence-electron chi connectivity index (χ3n) is 11.5. The second-order valence-electron chi connectivity index (χ2n) is 14.3. The number of rotatable bonds is 16. The highest BCUT2D eigenvalue weighted by molar-refractivity contribution is 5.69. The van der Waals surface area contributed by atoms with E-state index in [9.17, 15) is 42.1 Å². The number of phenolic OH excluding ortho intramolecular Hbond substituents is 1. The summed E-state index contributed by atoms with van der Waals surface area (Å²) in [5.74, 6) is -3.76. The fraction of sp³-hybridized carbons (Fsp3) is 0.800. The van der Waals surface area contributed by atoms with E-state index in [-0.39, 0.29) is 24.4 Å². The first-order chi connectivity index (χ1) is 20.7. The number of carbonyl (C=O) groups is 1. The number of fused-ring (bicyclic) bond motifs is 5. The normalized spacial score (nSPS) is 29.1. The number of aromatic hydroxyl groups is 1. The van der Waals surface area contributed by atoms with E-state index in [1.54, 1.807) is 0 Å². The van der Waals surface area contributed by atoms with Crippen LogP contribution in [0.1, 0.15) is 133 Å². The van der Waals surface area contributed by atoms with Gasteiger partial charge in [0.2, 0.25) is 0 Å². The predicted molar refractivity (Wildman–Crippen MR) is 160 cm³/mol. The Hall–Kier alpha value is -1.90. The molecule has 250 valence electrons. The van der Waals surface area contributed by atoms with Gasteiger partial charge >= 0.3 is 18.1 Å². The lowest BCUT2D eigenvalue weighted by Gasteiger charge is -2.54. The van der Waals surface area contributed by atoms with Crippen molar-refractivity contribution in [1.29, 1.82) is 0 Å². The fourth-order valence-electron chi connectivity index (χ4n) is 9.08. The molecule has 1 aromatic carbocycles. The molecular formula is C35H51F5O4. The zero-order valence-electron chi connectivity index (χ0n) is 26.1. The lowest BCUT2D eigenvalue weighted by Crippen LogP contribution is -2.47. The fourth-order valence-corrected chi connectivity index (χ4v) is 9.08. The summed E-state index contributed by atoms with van der Waals surface area (Å²) < 4.78 is 62.9. The van der Waals surface area contributed by atoms with Crippen LogP contribution in [0.15, 0.2) is 18.2 Å². The number of hydrogen-bond acceptors (Lipinski definition) is 3. The van der Waals surface area contributed by atoms with Gasteiger partial charge in [0, 0.05) is 6.42 Å². The van der Waals surface area contributed by atoms with Crippen LogP contribution in [0.3, 0.4) is 0 Å². The summed E-state index contributed by atoms with van der Waals surface area (Å²) in [5.41, 5.74) is 2.66. The highest BCUT2D eigenvalue weighted by Crippen LogP contribution is 2.63. The number of unbranched alkanes of at least 4 members (excludes halogenated alkanes) is 7. The van der Waals surface area contributed by atoms with E-state index in [1.807, 2.05) is 12.1 Å². The smallest absolute Gasteiger partial charge is 0.453 e. The SMILES string of the molecule is C[C@]12C[C@H](CCCCCCCCC(CCCCCC(F)(F)C(F)(F)F)C(=O)O)C3c4ccc(O)cc4CCC3C1CC[C@@H]2O. The van der Waals surface area contributed by atoms with E-state index >= 15 is 0 Å². The van der Waals surface area contributed by atoms with Gasteiger partial charge in [-0.15, -0.1) is 0 Å². The van der Waals surface area contributed by atoms with E-state index < -0.39 is 30.4 Å². The Morgan fingerprint density at radius 1 is 0.932 bits per heavy atom. The molecule has 3 aliphatic rings. The van der Waals surface area contributed by atoms with Crippen LogP contribution < -0.4 is 0 Å². The number of aliphatic hydroxyl groups excluding tert-OH is 1. The van der Waals surface area contributed by atoms with Crippen molar-refractivity contribution in [3.63, 3.8) is 0 Å². The molecule has 3 N–H and O–H groups in total. The number of aryl methyl sites for hydroxylation is 1. The van der Waals surface area contributed by atoms with Crippen molar-refractivity contribution in [2.24, 2.45) is 29.1 Å². The molecule has 1 aromatic rings. The van der Waals surface area contributed by atoms with E-state index in [0.29, 0.717) is 48.7 Å². The van der Waals surface area contributed by atoms with Crippen LogP contribution in [0.5, 0.6) is 5.75 Å². The standard InChI is InChI=1S/C35H51F5O4/c1-33-22-25(31-27-17-15-26(41)21-24(27)14-16-28(31)29(33)18-19-30(33)42)13-8-5-3-2-4-7-11-23(32(43)44)12-9-6-10-20-34(36,37)35(38,39)40/h15,17,21,23,25,28-31,41-42H,2-14,16,18-20,22H2,1H3,(H,43,44)/t23?,25-,28?,29?,30-,31?,33-/m0/s1. The number of aliphatic carboxylic acids is 1. The Kier molecular flexibility index (Phi) is 11.7. The van der Waals surface area contributed by atoms with E-state index in [2.05, 4.69) is 13.0 Å². The first-order valence-electron chi connectivity index (χ1n) is 16.9. The molecule has 4 rings (SSSR count). The maximum absolute atomic E-state index is 13.0. The van der Waals surface area contributed by atoms with Gasteiger partial charge in [0.15, 0.2) is 0 Å². The van der Waals surface area contributed by atoms with Gasteiger partial charge in [0.05, 0.1) is 12.0 Å². The number of alkyl halides is 5. The molecule has 0 aromatic heterocycles. The minimum absolute atomic E-state index is 0.0188. The summed E-state index contributed by atoms with van der Waals surface area (Å²) in [6, 6.07) is 5.90. The molecule has 2 saturated carbocycles. The van der Waals surface area contributed by atoms with Crippen molar-refractivity contribution < 1.29 is 42.1 Å². The molecule has 0 saturated heterocycles. The number of halogens is 5. The van der Waals surface area contributed by atoms with Crippen LogP contribution in [-0.4, -0.2) is 39.5 Å². The molecular weight excluding hydrogens is 579 g/mol. The molecule has 2 fully saturated rings. The Labute approximate surface area is 258 Å². The summed E-state index contributed by atoms with van der Waals surface area (Å²) in [6.45, 7) is 2.31. The summed E-state index contributed by atoms with van der Waals surface area (Å²) in [4.78, 5) is 11.6. The molecule has 4 unspecified atom stereocenters. The van der Waals surface area contributed by atoms with Gasteiger partial charge in [-0.05, 0) is 110 Å². The maximum Gasteiger partial charge on any atom is 0.453 e. The first-order valence-corrected chi connectivity index (χ1v) is 16.9. The van der Waals surface area contributed by atoms with Crippen molar-refractivity contribution in [3.05, 3.63) is 29.3 Å². The maximum atomic E-state index is 13.0. The van der Waals surface area contributed by atoms with E-state index in [4.69, 9.17) is 0 Å². The largest absolute Gasteiger partial charge is 0.508 e. The monoisotopic (exact) mass is 630 g/mol. The Morgan fingerprint density at radius 2 is 1.57 bits per heavy atom. The lowest BCUT2D eigenvalue weighted by atomic mass is 9.51. The summed E-state index contributed by atoms with van der Waals surface area (Å²) in [5, 5.41) is 30.6. The van der Waals surface area contributed by atoms with E-state index in [1.165, 1.54) is 11.1 Å². The molecule has 44 heavy (non-hydrogen) atoms. The molecule has 0 amide bonds. The topological polar surface area (TPSA) is 77.8 Å². The number of benzene rings is 1. The zero-order chi connectivity index (χ0) is 32.1. The molecule has 9 heteroatoms. The van der Waals surface area contributed by atoms with Gasteiger partial charge in [-0.1, -0.05) is 64.4 Å². The molecule has 7 atom stereocenters. The molecule has 0 spiro atoms. The van der Waals surface area contributed by atoms with Gasteiger partial charge in [-0.3, -0.25) is 4.79 Å². The highest BCUT2D eigenvalue weighted by Gasteiger charge is 2.58.